The molecule has 5 rings (SSSR count). The van der Waals surface area contributed by atoms with Crippen molar-refractivity contribution in [1.29, 1.82) is 0 Å². The van der Waals surface area contributed by atoms with Gasteiger partial charge in [0.1, 0.15) is 17.1 Å². The number of sulfonamides is 1. The van der Waals surface area contributed by atoms with Crippen LogP contribution in [-0.2, 0) is 22.9 Å². The zero-order valence-corrected chi connectivity index (χ0v) is 20.9. The van der Waals surface area contributed by atoms with Crippen molar-refractivity contribution in [2.75, 3.05) is 10.9 Å². The van der Waals surface area contributed by atoms with Crippen LogP contribution in [0.1, 0.15) is 41.4 Å². The third-order valence-corrected chi connectivity index (χ3v) is 8.06. The second kappa shape index (κ2) is 9.70. The Kier molecular flexibility index (Phi) is 6.43. The molecule has 190 valence electrons. The van der Waals surface area contributed by atoms with Crippen LogP contribution in [0.4, 0.5) is 11.4 Å². The Bertz CT molecular complexity index is 1610. The first-order chi connectivity index (χ1) is 17.8. The van der Waals surface area contributed by atoms with E-state index in [0.717, 1.165) is 48.5 Å². The molecule has 1 heterocycles. The predicted octanol–water partition coefficient (Wildman–Crippen LogP) is 5.65. The maximum atomic E-state index is 13.9. The van der Waals surface area contributed by atoms with E-state index in [1.165, 1.54) is 48.5 Å². The van der Waals surface area contributed by atoms with Crippen LogP contribution in [0, 0.1) is 10.1 Å². The standard InChI is InChI=1S/C27H24N2O7S/c1-2-35-21-11-13-22(14-12-21)37(33,34)28(27(30)18-6-5-7-20(16-18)29(31)32)19-10-15-26-24(17-19)23-8-3-4-9-25(23)36-26/h5-7,10-17H,2-4,8-9H2,1H3. The molecule has 0 atom stereocenters. The summed E-state index contributed by atoms with van der Waals surface area (Å²) in [4.78, 5) is 24.3. The number of anilines is 1. The highest BCUT2D eigenvalue weighted by atomic mass is 32.2. The van der Waals surface area contributed by atoms with Crippen molar-refractivity contribution in [2.24, 2.45) is 0 Å². The lowest BCUT2D eigenvalue weighted by molar-refractivity contribution is -0.384. The number of hydrogen-bond donors (Lipinski definition) is 0. The molecule has 1 aliphatic carbocycles. The highest BCUT2D eigenvalue weighted by Gasteiger charge is 2.33. The Morgan fingerprint density at radius 1 is 1.05 bits per heavy atom. The number of nitro benzene ring substituents is 1. The summed E-state index contributed by atoms with van der Waals surface area (Å²) in [5.74, 6) is 0.461. The lowest BCUT2D eigenvalue weighted by Gasteiger charge is -2.23. The van der Waals surface area contributed by atoms with Crippen LogP contribution in [0.25, 0.3) is 11.0 Å². The van der Waals surface area contributed by atoms with Crippen LogP contribution in [0.5, 0.6) is 5.75 Å². The van der Waals surface area contributed by atoms with Crippen LogP contribution in [-0.4, -0.2) is 25.9 Å². The zero-order valence-electron chi connectivity index (χ0n) is 20.0. The van der Waals surface area contributed by atoms with Crippen molar-refractivity contribution in [2.45, 2.75) is 37.5 Å². The number of nitrogens with zero attached hydrogens (tertiary/aromatic N) is 2. The Balaban J connectivity index is 1.66. The first kappa shape index (κ1) is 24.5. The van der Waals surface area contributed by atoms with Gasteiger partial charge in [-0.2, -0.15) is 4.31 Å². The highest BCUT2D eigenvalue weighted by Crippen LogP contribution is 2.36. The van der Waals surface area contributed by atoms with E-state index in [1.807, 2.05) is 6.92 Å². The third kappa shape index (κ3) is 4.55. The average molecular weight is 521 g/mol. The number of benzene rings is 3. The van der Waals surface area contributed by atoms with Gasteiger partial charge in [0.25, 0.3) is 21.6 Å². The summed E-state index contributed by atoms with van der Waals surface area (Å²) in [6, 6.07) is 15.6. The van der Waals surface area contributed by atoms with Gasteiger partial charge in [-0.3, -0.25) is 14.9 Å². The molecule has 10 heteroatoms. The summed E-state index contributed by atoms with van der Waals surface area (Å²) in [5, 5.41) is 12.1. The first-order valence-electron chi connectivity index (χ1n) is 11.9. The molecule has 37 heavy (non-hydrogen) atoms. The summed E-state index contributed by atoms with van der Waals surface area (Å²) in [7, 11) is -4.41. The molecule has 0 radical (unpaired) electrons. The fraction of sp³-hybridized carbons (Fsp3) is 0.222. The van der Waals surface area contributed by atoms with Gasteiger partial charge in [-0.15, -0.1) is 0 Å². The number of amides is 1. The van der Waals surface area contributed by atoms with E-state index in [0.29, 0.717) is 22.2 Å². The van der Waals surface area contributed by atoms with E-state index in [2.05, 4.69) is 0 Å². The number of fused-ring (bicyclic) bond motifs is 3. The van der Waals surface area contributed by atoms with Crippen LogP contribution in [0.15, 0.2) is 76.0 Å². The van der Waals surface area contributed by atoms with E-state index < -0.39 is 20.9 Å². The number of non-ortho nitro benzene ring substituents is 1. The summed E-state index contributed by atoms with van der Waals surface area (Å²) >= 11 is 0. The molecule has 0 bridgehead atoms. The van der Waals surface area contributed by atoms with Gasteiger partial charge in [0, 0.05) is 35.1 Å². The van der Waals surface area contributed by atoms with Gasteiger partial charge in [-0.05, 0) is 74.7 Å². The van der Waals surface area contributed by atoms with Crippen LogP contribution < -0.4 is 9.04 Å². The average Bonchev–Trinajstić information content (AvgIpc) is 3.27. The molecular weight excluding hydrogens is 496 g/mol. The number of rotatable bonds is 7. The van der Waals surface area contributed by atoms with Gasteiger partial charge in [0.05, 0.1) is 22.1 Å². The Morgan fingerprint density at radius 3 is 2.54 bits per heavy atom. The lowest BCUT2D eigenvalue weighted by atomic mass is 9.96. The van der Waals surface area contributed by atoms with E-state index in [9.17, 15) is 23.3 Å². The number of aryl methyl sites for hydroxylation is 2. The zero-order chi connectivity index (χ0) is 26.2. The van der Waals surface area contributed by atoms with Gasteiger partial charge >= 0.3 is 0 Å². The molecular formula is C27H24N2O7S. The van der Waals surface area contributed by atoms with E-state index in [1.54, 1.807) is 12.1 Å². The Hall–Kier alpha value is -4.18. The molecule has 0 unspecified atom stereocenters. The number of carbonyl (C=O) groups is 1. The number of nitro groups is 1. The number of carbonyl (C=O) groups excluding carboxylic acids is 1. The van der Waals surface area contributed by atoms with E-state index in [4.69, 9.17) is 9.15 Å². The minimum absolute atomic E-state index is 0.118. The molecule has 1 aromatic heterocycles. The van der Waals surface area contributed by atoms with Crippen molar-refractivity contribution in [3.05, 3.63) is 93.7 Å². The van der Waals surface area contributed by atoms with Crippen molar-refractivity contribution in [1.82, 2.24) is 0 Å². The quantitative estimate of drug-likeness (QED) is 0.228. The van der Waals surface area contributed by atoms with Crippen molar-refractivity contribution in [3.8, 4) is 5.75 Å². The van der Waals surface area contributed by atoms with Crippen molar-refractivity contribution in [3.63, 3.8) is 0 Å². The van der Waals surface area contributed by atoms with Gasteiger partial charge in [0.15, 0.2) is 0 Å². The molecule has 0 saturated heterocycles. The summed E-state index contributed by atoms with van der Waals surface area (Å²) in [6.07, 6.45) is 3.62. The fourth-order valence-electron chi connectivity index (χ4n) is 4.59. The molecule has 0 fully saturated rings. The number of hydrogen-bond acceptors (Lipinski definition) is 7. The minimum Gasteiger partial charge on any atom is -0.494 e. The third-order valence-electron chi connectivity index (χ3n) is 6.33. The topological polar surface area (TPSA) is 120 Å². The molecule has 1 aliphatic rings. The fourth-order valence-corrected chi connectivity index (χ4v) is 6.00. The predicted molar refractivity (Wildman–Crippen MR) is 138 cm³/mol. The second-order valence-electron chi connectivity index (χ2n) is 8.68. The van der Waals surface area contributed by atoms with Gasteiger partial charge in [-0.1, -0.05) is 6.07 Å². The smallest absolute Gasteiger partial charge is 0.272 e. The molecule has 9 nitrogen and oxygen atoms in total. The van der Waals surface area contributed by atoms with E-state index >= 15 is 0 Å². The molecule has 3 aromatic carbocycles. The maximum absolute atomic E-state index is 13.9. The van der Waals surface area contributed by atoms with Gasteiger partial charge in [-0.25, -0.2) is 8.42 Å². The lowest BCUT2D eigenvalue weighted by Crippen LogP contribution is -2.37. The molecule has 1 amide bonds. The minimum atomic E-state index is -4.41. The molecule has 0 aliphatic heterocycles. The molecule has 4 aromatic rings. The number of furan rings is 1. The Labute approximate surface area is 213 Å². The summed E-state index contributed by atoms with van der Waals surface area (Å²) in [6.45, 7) is 2.23. The monoisotopic (exact) mass is 520 g/mol. The van der Waals surface area contributed by atoms with Crippen LogP contribution in [0.2, 0.25) is 0 Å². The first-order valence-corrected chi connectivity index (χ1v) is 13.3. The van der Waals surface area contributed by atoms with Crippen molar-refractivity contribution < 1.29 is 27.3 Å². The Morgan fingerprint density at radius 2 is 1.81 bits per heavy atom. The van der Waals surface area contributed by atoms with Crippen molar-refractivity contribution >= 4 is 38.3 Å². The van der Waals surface area contributed by atoms with Crippen LogP contribution in [0.3, 0.4) is 0 Å². The number of ether oxygens (including phenoxy) is 1. The summed E-state index contributed by atoms with van der Waals surface area (Å²) in [5.41, 5.74) is 1.31. The summed E-state index contributed by atoms with van der Waals surface area (Å²) < 4.78 is 39.9. The van der Waals surface area contributed by atoms with Crippen LogP contribution >= 0.6 is 0 Å². The molecule has 0 N–H and O–H groups in total. The normalized spacial score (nSPS) is 13.2. The van der Waals surface area contributed by atoms with Gasteiger partial charge < -0.3 is 9.15 Å². The molecule has 0 spiro atoms. The largest absolute Gasteiger partial charge is 0.494 e. The SMILES string of the molecule is CCOc1ccc(S(=O)(=O)N(C(=O)c2cccc([N+](=O)[O-])c2)c2ccc3oc4c(c3c2)CCCC4)cc1. The maximum Gasteiger partial charge on any atom is 0.272 e. The van der Waals surface area contributed by atoms with Gasteiger partial charge in [0.2, 0.25) is 0 Å². The molecule has 0 saturated carbocycles. The highest BCUT2D eigenvalue weighted by molar-refractivity contribution is 7.93. The van der Waals surface area contributed by atoms with E-state index in [-0.39, 0.29) is 21.8 Å². The second-order valence-corrected chi connectivity index (χ2v) is 10.5.